The molecule has 8 heteroatoms. The minimum absolute atomic E-state index is 0.0322. The number of nitrogens with zero attached hydrogens (tertiary/aromatic N) is 3. The average molecular weight is 473 g/mol. The van der Waals surface area contributed by atoms with Crippen LogP contribution >= 0.6 is 0 Å². The number of nitrogens with one attached hydrogen (secondary N) is 1. The highest BCUT2D eigenvalue weighted by atomic mass is 16.3. The fourth-order valence-corrected chi connectivity index (χ4v) is 4.87. The van der Waals surface area contributed by atoms with Crippen LogP contribution in [0.25, 0.3) is 11.1 Å². The number of amides is 3. The summed E-state index contributed by atoms with van der Waals surface area (Å²) in [7, 11) is 0. The molecule has 3 heterocycles. The molecule has 0 aliphatic carbocycles. The Labute approximate surface area is 204 Å². The van der Waals surface area contributed by atoms with E-state index in [1.54, 1.807) is 21.9 Å². The van der Waals surface area contributed by atoms with Crippen LogP contribution in [-0.4, -0.2) is 61.4 Å². The van der Waals surface area contributed by atoms with E-state index in [0.29, 0.717) is 36.6 Å². The van der Waals surface area contributed by atoms with Gasteiger partial charge in [-0.3, -0.25) is 14.4 Å². The molecule has 2 aliphatic heterocycles. The molecule has 180 valence electrons. The minimum Gasteiger partial charge on any atom is -0.459 e. The number of hydrogen-bond acceptors (Lipinski definition) is 5. The number of hydrogen-bond donors (Lipinski definition) is 1. The highest BCUT2D eigenvalue weighted by Crippen LogP contribution is 2.39. The molecule has 0 saturated carbocycles. The summed E-state index contributed by atoms with van der Waals surface area (Å²) in [6, 6.07) is 16.4. The number of piperazine rings is 1. The molecule has 0 unspecified atom stereocenters. The van der Waals surface area contributed by atoms with E-state index in [0.717, 1.165) is 24.2 Å². The van der Waals surface area contributed by atoms with E-state index < -0.39 is 0 Å². The molecule has 5 rings (SSSR count). The summed E-state index contributed by atoms with van der Waals surface area (Å²) in [6.45, 7) is 6.84. The summed E-state index contributed by atoms with van der Waals surface area (Å²) in [5.74, 6) is -0.0433. The van der Waals surface area contributed by atoms with Gasteiger partial charge in [0.2, 0.25) is 5.91 Å². The molecule has 1 saturated heterocycles. The van der Waals surface area contributed by atoms with Crippen molar-refractivity contribution in [1.82, 2.24) is 10.2 Å². The van der Waals surface area contributed by atoms with Crippen molar-refractivity contribution in [3.8, 4) is 11.1 Å². The van der Waals surface area contributed by atoms with Gasteiger partial charge in [-0.2, -0.15) is 0 Å². The first kappa shape index (κ1) is 22.9. The third-order valence-electron chi connectivity index (χ3n) is 6.60. The Morgan fingerprint density at radius 2 is 1.63 bits per heavy atom. The lowest BCUT2D eigenvalue weighted by molar-refractivity contribution is -0.117. The Balaban J connectivity index is 1.48. The van der Waals surface area contributed by atoms with Crippen molar-refractivity contribution >= 4 is 29.1 Å². The van der Waals surface area contributed by atoms with Crippen molar-refractivity contribution in [1.29, 1.82) is 0 Å². The van der Waals surface area contributed by atoms with E-state index in [-0.39, 0.29) is 29.5 Å². The van der Waals surface area contributed by atoms with Crippen molar-refractivity contribution in [3.05, 3.63) is 72.2 Å². The third-order valence-corrected chi connectivity index (χ3v) is 6.60. The Morgan fingerprint density at radius 1 is 0.914 bits per heavy atom. The lowest BCUT2D eigenvalue weighted by Crippen LogP contribution is -2.51. The van der Waals surface area contributed by atoms with Gasteiger partial charge >= 0.3 is 0 Å². The summed E-state index contributed by atoms with van der Waals surface area (Å²) in [4.78, 5) is 43.7. The van der Waals surface area contributed by atoms with Crippen molar-refractivity contribution in [2.75, 3.05) is 42.5 Å². The number of fused-ring (bicyclic) bond motifs is 1. The maximum absolute atomic E-state index is 13.2. The molecule has 1 atom stereocenters. The second-order valence-electron chi connectivity index (χ2n) is 8.95. The molecule has 1 aromatic heterocycles. The van der Waals surface area contributed by atoms with Gasteiger partial charge in [0.05, 0.1) is 23.7 Å². The molecule has 8 nitrogen and oxygen atoms in total. The first-order chi connectivity index (χ1) is 16.9. The molecular formula is C27H28N4O4. The molecule has 2 aliphatic rings. The van der Waals surface area contributed by atoms with Crippen molar-refractivity contribution in [2.24, 2.45) is 0 Å². The molecule has 0 radical (unpaired) electrons. The highest BCUT2D eigenvalue weighted by molar-refractivity contribution is 6.10. The summed E-state index contributed by atoms with van der Waals surface area (Å²) >= 11 is 0. The summed E-state index contributed by atoms with van der Waals surface area (Å²) < 4.78 is 5.36. The molecular weight excluding hydrogens is 444 g/mol. The SMILES string of the molecule is CC(=O)N1c2ccc(-c3ccc(C(=O)N4CCNCC4)cc3)cc2N(C(=O)c2ccco2)C[C@@H]1C. The van der Waals surface area contributed by atoms with E-state index >= 15 is 0 Å². The lowest BCUT2D eigenvalue weighted by atomic mass is 9.99. The Morgan fingerprint density at radius 3 is 2.29 bits per heavy atom. The molecule has 0 bridgehead atoms. The van der Waals surface area contributed by atoms with E-state index in [1.165, 1.54) is 13.2 Å². The fourth-order valence-electron chi connectivity index (χ4n) is 4.87. The van der Waals surface area contributed by atoms with Gasteiger partial charge in [-0.1, -0.05) is 18.2 Å². The van der Waals surface area contributed by atoms with Gasteiger partial charge in [0.25, 0.3) is 11.8 Å². The maximum atomic E-state index is 13.2. The molecule has 2 aromatic carbocycles. The van der Waals surface area contributed by atoms with E-state index in [9.17, 15) is 14.4 Å². The van der Waals surface area contributed by atoms with Crippen LogP contribution < -0.4 is 15.1 Å². The second kappa shape index (κ2) is 9.38. The van der Waals surface area contributed by atoms with Gasteiger partial charge < -0.3 is 24.4 Å². The van der Waals surface area contributed by atoms with Crippen LogP contribution in [0.15, 0.2) is 65.3 Å². The highest BCUT2D eigenvalue weighted by Gasteiger charge is 2.35. The predicted molar refractivity (Wildman–Crippen MR) is 134 cm³/mol. The van der Waals surface area contributed by atoms with Gasteiger partial charge in [0.1, 0.15) is 0 Å². The number of furan rings is 1. The lowest BCUT2D eigenvalue weighted by Gasteiger charge is -2.40. The molecule has 1 fully saturated rings. The Hall–Kier alpha value is -3.91. The van der Waals surface area contributed by atoms with E-state index in [4.69, 9.17) is 4.42 Å². The molecule has 3 aromatic rings. The zero-order valence-electron chi connectivity index (χ0n) is 19.9. The number of benzene rings is 2. The average Bonchev–Trinajstić information content (AvgIpc) is 3.42. The van der Waals surface area contributed by atoms with Crippen LogP contribution in [0, 0.1) is 0 Å². The quantitative estimate of drug-likeness (QED) is 0.632. The van der Waals surface area contributed by atoms with Crippen LogP contribution in [0.1, 0.15) is 34.8 Å². The monoisotopic (exact) mass is 472 g/mol. The molecule has 0 spiro atoms. The summed E-state index contributed by atoms with van der Waals surface area (Å²) in [5.41, 5.74) is 3.80. The van der Waals surface area contributed by atoms with Gasteiger partial charge in [-0.05, 0) is 54.4 Å². The van der Waals surface area contributed by atoms with Gasteiger partial charge in [0, 0.05) is 45.2 Å². The summed E-state index contributed by atoms with van der Waals surface area (Å²) in [6.07, 6.45) is 1.48. The van der Waals surface area contributed by atoms with Crippen molar-refractivity contribution in [3.63, 3.8) is 0 Å². The first-order valence-corrected chi connectivity index (χ1v) is 11.8. The van der Waals surface area contributed by atoms with E-state index in [1.807, 2.05) is 54.3 Å². The predicted octanol–water partition coefficient (Wildman–Crippen LogP) is 3.39. The summed E-state index contributed by atoms with van der Waals surface area (Å²) in [5, 5.41) is 3.26. The number of carbonyl (C=O) groups is 3. The van der Waals surface area contributed by atoms with Crippen molar-refractivity contribution < 1.29 is 18.8 Å². The van der Waals surface area contributed by atoms with Gasteiger partial charge in [0.15, 0.2) is 5.76 Å². The standard InChI is InChI=1S/C27H28N4O4/c1-18-17-30(27(34)25-4-3-15-35-25)24-16-22(9-10-23(24)31(18)19(2)32)20-5-7-21(8-6-20)26(33)29-13-11-28-12-14-29/h3-10,15-16,18,28H,11-14,17H2,1-2H3/t18-/m0/s1. The molecule has 1 N–H and O–H groups in total. The Bertz CT molecular complexity index is 1250. The Kier molecular flexibility index (Phi) is 6.13. The van der Waals surface area contributed by atoms with Crippen molar-refractivity contribution in [2.45, 2.75) is 19.9 Å². The van der Waals surface area contributed by atoms with Crippen LogP contribution in [0.5, 0.6) is 0 Å². The second-order valence-corrected chi connectivity index (χ2v) is 8.95. The minimum atomic E-state index is -0.250. The van der Waals surface area contributed by atoms with Gasteiger partial charge in [-0.15, -0.1) is 0 Å². The largest absolute Gasteiger partial charge is 0.459 e. The third kappa shape index (κ3) is 4.33. The van der Waals surface area contributed by atoms with E-state index in [2.05, 4.69) is 5.32 Å². The van der Waals surface area contributed by atoms with Crippen LogP contribution in [-0.2, 0) is 4.79 Å². The number of carbonyl (C=O) groups excluding carboxylic acids is 3. The zero-order valence-corrected chi connectivity index (χ0v) is 19.9. The van der Waals surface area contributed by atoms with Crippen LogP contribution in [0.4, 0.5) is 11.4 Å². The fraction of sp³-hybridized carbons (Fsp3) is 0.296. The maximum Gasteiger partial charge on any atom is 0.294 e. The number of rotatable bonds is 3. The smallest absolute Gasteiger partial charge is 0.294 e. The van der Waals surface area contributed by atoms with Crippen LogP contribution in [0.3, 0.4) is 0 Å². The van der Waals surface area contributed by atoms with Crippen LogP contribution in [0.2, 0.25) is 0 Å². The molecule has 35 heavy (non-hydrogen) atoms. The first-order valence-electron chi connectivity index (χ1n) is 11.8. The van der Waals surface area contributed by atoms with Gasteiger partial charge in [-0.25, -0.2) is 0 Å². The molecule has 3 amide bonds. The number of anilines is 2. The topological polar surface area (TPSA) is 86.1 Å². The zero-order chi connectivity index (χ0) is 24.5. The normalized spacial score (nSPS) is 17.8.